The van der Waals surface area contributed by atoms with Crippen molar-refractivity contribution in [2.75, 3.05) is 5.32 Å². The van der Waals surface area contributed by atoms with Crippen molar-refractivity contribution in [1.29, 1.82) is 0 Å². The first-order valence-electron chi connectivity index (χ1n) is 8.67. The largest absolute Gasteiger partial charge is 0.432 e. The van der Waals surface area contributed by atoms with Crippen molar-refractivity contribution in [1.82, 2.24) is 0 Å². The molecule has 0 saturated heterocycles. The van der Waals surface area contributed by atoms with Crippen LogP contribution in [0, 0.1) is 20.2 Å². The second-order valence-electron chi connectivity index (χ2n) is 6.59. The van der Waals surface area contributed by atoms with Gasteiger partial charge in [0.1, 0.15) is 11.4 Å². The molecular weight excluding hydrogens is 445 g/mol. The fourth-order valence-corrected chi connectivity index (χ4v) is 3.01. The molecule has 0 saturated carbocycles. The first-order valence-corrected chi connectivity index (χ1v) is 8.67. The van der Waals surface area contributed by atoms with Crippen LogP contribution in [0.2, 0.25) is 0 Å². The van der Waals surface area contributed by atoms with Gasteiger partial charge >= 0.3 is 12.3 Å². The van der Waals surface area contributed by atoms with Gasteiger partial charge in [0.15, 0.2) is 0 Å². The Morgan fingerprint density at radius 2 is 1.53 bits per heavy atom. The van der Waals surface area contributed by atoms with E-state index in [0.29, 0.717) is 13.0 Å². The molecule has 0 aliphatic carbocycles. The van der Waals surface area contributed by atoms with Crippen molar-refractivity contribution in [2.45, 2.75) is 19.2 Å². The van der Waals surface area contributed by atoms with Crippen LogP contribution in [0.1, 0.15) is 12.5 Å². The summed E-state index contributed by atoms with van der Waals surface area (Å²) in [6.07, 6.45) is -8.72. The summed E-state index contributed by atoms with van der Waals surface area (Å²) in [6, 6.07) is 8.43. The van der Waals surface area contributed by atoms with E-state index in [1.54, 1.807) is 0 Å². The molecule has 3 aromatic rings. The summed E-state index contributed by atoms with van der Waals surface area (Å²) in [7, 11) is 0. The number of hydrogen-bond acceptors (Lipinski definition) is 6. The lowest BCUT2D eigenvalue weighted by Crippen LogP contribution is -2.19. The van der Waals surface area contributed by atoms with Gasteiger partial charge in [0, 0.05) is 29.4 Å². The van der Waals surface area contributed by atoms with E-state index >= 15 is 0 Å². The van der Waals surface area contributed by atoms with Gasteiger partial charge in [0.25, 0.3) is 11.4 Å². The molecule has 0 aromatic heterocycles. The number of nitro groups is 2. The maximum absolute atomic E-state index is 13.6. The summed E-state index contributed by atoms with van der Waals surface area (Å²) in [6.45, 7) is 0.504. The minimum atomic E-state index is -5.18. The summed E-state index contributed by atoms with van der Waals surface area (Å²) < 4.78 is 72.1. The highest BCUT2D eigenvalue weighted by molar-refractivity contribution is 6.00. The number of anilines is 2. The number of benzene rings is 3. The number of halogens is 5. The van der Waals surface area contributed by atoms with Crippen molar-refractivity contribution in [3.8, 4) is 5.75 Å². The number of nitro benzene ring substituents is 2. The topological polar surface area (TPSA) is 108 Å². The number of non-ortho nitro benzene ring substituents is 1. The number of alkyl halides is 5. The first kappa shape index (κ1) is 22.7. The van der Waals surface area contributed by atoms with E-state index in [0.717, 1.165) is 12.1 Å². The molecule has 0 radical (unpaired) electrons. The van der Waals surface area contributed by atoms with E-state index in [1.165, 1.54) is 24.3 Å². The minimum Gasteiger partial charge on any atom is -0.432 e. The van der Waals surface area contributed by atoms with E-state index < -0.39 is 44.8 Å². The van der Waals surface area contributed by atoms with Crippen LogP contribution >= 0.6 is 0 Å². The molecule has 3 rings (SSSR count). The molecule has 13 heteroatoms. The predicted molar refractivity (Wildman–Crippen MR) is 103 cm³/mol. The third-order valence-corrected chi connectivity index (χ3v) is 4.25. The molecule has 8 nitrogen and oxygen atoms in total. The molecule has 1 N–H and O–H groups in total. The normalized spacial score (nSPS) is 11.9. The molecule has 0 fully saturated rings. The zero-order valence-electron chi connectivity index (χ0n) is 15.9. The molecule has 0 spiro atoms. The maximum Gasteiger partial charge on any atom is 0.418 e. The van der Waals surface area contributed by atoms with E-state index in [2.05, 4.69) is 10.1 Å². The second-order valence-corrected chi connectivity index (χ2v) is 6.59. The van der Waals surface area contributed by atoms with Gasteiger partial charge in [-0.2, -0.15) is 22.0 Å². The molecule has 0 aliphatic rings. The van der Waals surface area contributed by atoms with Gasteiger partial charge in [-0.1, -0.05) is 24.3 Å². The first-order chi connectivity index (χ1) is 14.8. The maximum atomic E-state index is 13.6. The monoisotopic (exact) mass is 457 g/mol. The molecular formula is C19H12F5N3O5. The third kappa shape index (κ3) is 4.66. The van der Waals surface area contributed by atoms with Crippen LogP contribution in [0.4, 0.5) is 44.7 Å². The highest BCUT2D eigenvalue weighted by Gasteiger charge is 2.40. The van der Waals surface area contributed by atoms with Crippen molar-refractivity contribution in [3.63, 3.8) is 0 Å². The Balaban J connectivity index is 2.24. The third-order valence-electron chi connectivity index (χ3n) is 4.25. The molecule has 0 bridgehead atoms. The summed E-state index contributed by atoms with van der Waals surface area (Å²) in [5, 5.41) is 24.9. The lowest BCUT2D eigenvalue weighted by atomic mass is 10.1. The average Bonchev–Trinajstić information content (AvgIpc) is 2.67. The number of nitrogens with one attached hydrogen (secondary N) is 1. The fourth-order valence-electron chi connectivity index (χ4n) is 3.01. The zero-order chi connectivity index (χ0) is 23.8. The quantitative estimate of drug-likeness (QED) is 0.260. The van der Waals surface area contributed by atoms with Crippen molar-refractivity contribution >= 4 is 33.5 Å². The van der Waals surface area contributed by atoms with Crippen LogP contribution in [0.25, 0.3) is 10.8 Å². The Labute approximate surface area is 175 Å². The number of nitrogens with zero attached hydrogens (tertiary/aromatic N) is 2. The molecule has 0 aliphatic heterocycles. The smallest absolute Gasteiger partial charge is 0.418 e. The SMILES string of the molecule is CC(F)(F)Oc1ccc(Nc2c([N+](=O)[O-])cc([N+](=O)[O-])cc2C(F)(F)F)c2ccccc12. The van der Waals surface area contributed by atoms with Crippen molar-refractivity contribution in [2.24, 2.45) is 0 Å². The summed E-state index contributed by atoms with van der Waals surface area (Å²) in [4.78, 5) is 20.0. The van der Waals surface area contributed by atoms with Crippen LogP contribution in [-0.2, 0) is 6.18 Å². The Morgan fingerprint density at radius 1 is 0.906 bits per heavy atom. The van der Waals surface area contributed by atoms with Crippen LogP contribution in [0.3, 0.4) is 0 Å². The molecule has 0 heterocycles. The van der Waals surface area contributed by atoms with Crippen LogP contribution in [-0.4, -0.2) is 16.0 Å². The Hall–Kier alpha value is -4.03. The lowest BCUT2D eigenvalue weighted by molar-refractivity contribution is -0.394. The van der Waals surface area contributed by atoms with Crippen molar-refractivity contribution in [3.05, 3.63) is 74.3 Å². The van der Waals surface area contributed by atoms with Crippen molar-refractivity contribution < 1.29 is 36.5 Å². The Kier molecular flexibility index (Phi) is 5.60. The van der Waals surface area contributed by atoms with Crippen LogP contribution in [0.5, 0.6) is 5.75 Å². The standard InChI is InChI=1S/C19H12F5N3O5/c1-18(20,21)32-16-7-6-14(11-4-2-3-5-12(11)16)25-17-13(19(22,23)24)8-10(26(28)29)9-15(17)27(30)31/h2-9,25H,1H3. The number of fused-ring (bicyclic) bond motifs is 1. The fraction of sp³-hybridized carbons (Fsp3) is 0.158. The second kappa shape index (κ2) is 7.90. The molecule has 0 unspecified atom stereocenters. The van der Waals surface area contributed by atoms with Crippen LogP contribution < -0.4 is 10.1 Å². The molecule has 32 heavy (non-hydrogen) atoms. The van der Waals surface area contributed by atoms with E-state index in [-0.39, 0.29) is 28.3 Å². The summed E-state index contributed by atoms with van der Waals surface area (Å²) in [5.74, 6) is -0.270. The van der Waals surface area contributed by atoms with Gasteiger partial charge < -0.3 is 10.1 Å². The molecule has 0 atom stereocenters. The summed E-state index contributed by atoms with van der Waals surface area (Å²) >= 11 is 0. The number of hydrogen-bond donors (Lipinski definition) is 1. The van der Waals surface area contributed by atoms with Gasteiger partial charge in [-0.15, -0.1) is 0 Å². The predicted octanol–water partition coefficient (Wildman–Crippen LogP) is 6.41. The van der Waals surface area contributed by atoms with E-state index in [9.17, 15) is 42.2 Å². The van der Waals surface area contributed by atoms with E-state index in [1.807, 2.05) is 0 Å². The highest BCUT2D eigenvalue weighted by atomic mass is 19.4. The van der Waals surface area contributed by atoms with Gasteiger partial charge in [-0.25, -0.2) is 0 Å². The summed E-state index contributed by atoms with van der Waals surface area (Å²) in [5.41, 5.74) is -5.07. The van der Waals surface area contributed by atoms with Gasteiger partial charge in [0.2, 0.25) is 0 Å². The van der Waals surface area contributed by atoms with E-state index in [4.69, 9.17) is 0 Å². The molecule has 168 valence electrons. The number of ether oxygens (including phenoxy) is 1. The molecule has 0 amide bonds. The van der Waals surface area contributed by atoms with Gasteiger partial charge in [0.05, 0.1) is 21.5 Å². The minimum absolute atomic E-state index is 0.0946. The highest BCUT2D eigenvalue weighted by Crippen LogP contribution is 2.45. The Morgan fingerprint density at radius 3 is 2.06 bits per heavy atom. The molecule has 3 aromatic carbocycles. The van der Waals surface area contributed by atoms with Crippen LogP contribution in [0.15, 0.2) is 48.5 Å². The average molecular weight is 457 g/mol. The van der Waals surface area contributed by atoms with Gasteiger partial charge in [-0.05, 0) is 12.1 Å². The number of rotatable bonds is 6. The zero-order valence-corrected chi connectivity index (χ0v) is 15.9. The van der Waals surface area contributed by atoms with Gasteiger partial charge in [-0.3, -0.25) is 20.2 Å². The Bertz CT molecular complexity index is 1220. The lowest BCUT2D eigenvalue weighted by Gasteiger charge is -2.18.